The molecule has 0 saturated heterocycles. The first-order valence-corrected chi connectivity index (χ1v) is 6.25. The van der Waals surface area contributed by atoms with Crippen LogP contribution in [0.4, 0.5) is 5.82 Å². The van der Waals surface area contributed by atoms with E-state index in [0.29, 0.717) is 6.04 Å². The highest BCUT2D eigenvalue weighted by atomic mass is 15.3. The normalized spacial score (nSPS) is 14.6. The van der Waals surface area contributed by atoms with Crippen LogP contribution in [-0.2, 0) is 6.54 Å². The van der Waals surface area contributed by atoms with E-state index in [1.54, 1.807) is 0 Å². The lowest BCUT2D eigenvalue weighted by Gasteiger charge is -2.19. The van der Waals surface area contributed by atoms with Gasteiger partial charge in [-0.25, -0.2) is 0 Å². The van der Waals surface area contributed by atoms with E-state index in [1.807, 2.05) is 18.2 Å². The first kappa shape index (κ1) is 12.0. The maximum Gasteiger partial charge on any atom is 0.151 e. The zero-order valence-electron chi connectivity index (χ0n) is 10.4. The molecule has 1 aliphatic rings. The van der Waals surface area contributed by atoms with Crippen LogP contribution in [0.3, 0.4) is 0 Å². The fourth-order valence-corrected chi connectivity index (χ4v) is 1.69. The minimum atomic E-state index is 0.712. The number of rotatable bonds is 7. The van der Waals surface area contributed by atoms with Gasteiger partial charge >= 0.3 is 0 Å². The van der Waals surface area contributed by atoms with Gasteiger partial charge in [-0.3, -0.25) is 0 Å². The lowest BCUT2D eigenvalue weighted by molar-refractivity contribution is 0.664. The Morgan fingerprint density at radius 2 is 2.29 bits per heavy atom. The van der Waals surface area contributed by atoms with E-state index in [-0.39, 0.29) is 0 Å². The van der Waals surface area contributed by atoms with Gasteiger partial charge in [0.25, 0.3) is 0 Å². The van der Waals surface area contributed by atoms with E-state index >= 15 is 0 Å². The molecule has 1 fully saturated rings. The van der Waals surface area contributed by atoms with Gasteiger partial charge in [0, 0.05) is 25.7 Å². The summed E-state index contributed by atoms with van der Waals surface area (Å²) in [5.41, 5.74) is 1.01. The predicted molar refractivity (Wildman–Crippen MR) is 70.0 cm³/mol. The van der Waals surface area contributed by atoms with Gasteiger partial charge in [-0.2, -0.15) is 5.10 Å². The summed E-state index contributed by atoms with van der Waals surface area (Å²) >= 11 is 0. The van der Waals surface area contributed by atoms with Crippen molar-refractivity contribution in [3.05, 3.63) is 30.5 Å². The molecule has 1 saturated carbocycles. The highest BCUT2D eigenvalue weighted by molar-refractivity contribution is 5.37. The third-order valence-electron chi connectivity index (χ3n) is 2.91. The van der Waals surface area contributed by atoms with Crippen LogP contribution in [0.5, 0.6) is 0 Å². The molecule has 1 N–H and O–H groups in total. The quantitative estimate of drug-likeness (QED) is 0.727. The van der Waals surface area contributed by atoms with Gasteiger partial charge < -0.3 is 10.2 Å². The molecule has 0 bridgehead atoms. The molecule has 0 atom stereocenters. The van der Waals surface area contributed by atoms with Crippen LogP contribution in [0.15, 0.2) is 24.8 Å². The summed E-state index contributed by atoms with van der Waals surface area (Å²) in [7, 11) is 0. The molecule has 0 aromatic carbocycles. The largest absolute Gasteiger partial charge is 0.352 e. The highest BCUT2D eigenvalue weighted by Crippen LogP contribution is 2.19. The van der Waals surface area contributed by atoms with E-state index in [4.69, 9.17) is 0 Å². The van der Waals surface area contributed by atoms with Crippen molar-refractivity contribution in [2.24, 2.45) is 0 Å². The molecule has 0 radical (unpaired) electrons. The van der Waals surface area contributed by atoms with Gasteiger partial charge in [-0.1, -0.05) is 6.08 Å². The predicted octanol–water partition coefficient (Wildman–Crippen LogP) is 1.74. The molecule has 1 aromatic heterocycles. The van der Waals surface area contributed by atoms with Crippen LogP contribution in [0.25, 0.3) is 0 Å². The Morgan fingerprint density at radius 3 is 2.82 bits per heavy atom. The van der Waals surface area contributed by atoms with Crippen molar-refractivity contribution in [2.45, 2.75) is 32.4 Å². The van der Waals surface area contributed by atoms with Gasteiger partial charge in [0.2, 0.25) is 0 Å². The summed E-state index contributed by atoms with van der Waals surface area (Å²) < 4.78 is 0. The van der Waals surface area contributed by atoms with Crippen LogP contribution in [0, 0.1) is 0 Å². The number of nitrogens with zero attached hydrogens (tertiary/aromatic N) is 3. The molecule has 1 heterocycles. The molecule has 4 nitrogen and oxygen atoms in total. The van der Waals surface area contributed by atoms with Crippen molar-refractivity contribution in [3.63, 3.8) is 0 Å². The Kier molecular flexibility index (Phi) is 4.09. The number of likely N-dealkylation sites (N-methyl/N-ethyl adjacent to an activating group) is 1. The first-order valence-electron chi connectivity index (χ1n) is 6.25. The molecule has 0 aliphatic heterocycles. The van der Waals surface area contributed by atoms with Crippen LogP contribution in [0.2, 0.25) is 0 Å². The molecule has 0 unspecified atom stereocenters. The van der Waals surface area contributed by atoms with Crippen molar-refractivity contribution in [1.82, 2.24) is 15.5 Å². The Hall–Kier alpha value is -1.42. The topological polar surface area (TPSA) is 41.0 Å². The molecule has 0 amide bonds. The number of anilines is 1. The fraction of sp³-hybridized carbons (Fsp3) is 0.538. The van der Waals surface area contributed by atoms with Crippen LogP contribution in [0.1, 0.15) is 25.5 Å². The molecular weight excluding hydrogens is 212 g/mol. The number of hydrogen-bond acceptors (Lipinski definition) is 4. The molecule has 1 aliphatic carbocycles. The van der Waals surface area contributed by atoms with Gasteiger partial charge in [0.15, 0.2) is 5.82 Å². The average molecular weight is 232 g/mol. The van der Waals surface area contributed by atoms with E-state index in [2.05, 4.69) is 33.9 Å². The first-order chi connectivity index (χ1) is 8.33. The smallest absolute Gasteiger partial charge is 0.151 e. The SMILES string of the molecule is C=CCN(CC)c1ccc(CNC2CC2)nn1. The van der Waals surface area contributed by atoms with Crippen LogP contribution in [-0.4, -0.2) is 29.3 Å². The molecule has 4 heteroatoms. The summed E-state index contributed by atoms with van der Waals surface area (Å²) in [5.74, 6) is 0.919. The fourth-order valence-electron chi connectivity index (χ4n) is 1.69. The van der Waals surface area contributed by atoms with Crippen molar-refractivity contribution >= 4 is 5.82 Å². The van der Waals surface area contributed by atoms with Gasteiger partial charge in [0.05, 0.1) is 5.69 Å². The summed E-state index contributed by atoms with van der Waals surface area (Å²) in [6.45, 7) is 8.40. The zero-order valence-corrected chi connectivity index (χ0v) is 10.4. The second-order valence-corrected chi connectivity index (χ2v) is 4.37. The molecule has 17 heavy (non-hydrogen) atoms. The van der Waals surface area contributed by atoms with Crippen molar-refractivity contribution in [1.29, 1.82) is 0 Å². The molecule has 0 spiro atoms. The maximum absolute atomic E-state index is 4.25. The minimum absolute atomic E-state index is 0.712. The summed E-state index contributed by atoms with van der Waals surface area (Å²) in [6.07, 6.45) is 4.48. The molecule has 92 valence electrons. The Bertz CT molecular complexity index is 356. The monoisotopic (exact) mass is 232 g/mol. The Labute approximate surface area is 103 Å². The van der Waals surface area contributed by atoms with E-state index in [0.717, 1.165) is 31.1 Å². The number of nitrogens with one attached hydrogen (secondary N) is 1. The van der Waals surface area contributed by atoms with Gasteiger partial charge in [0.1, 0.15) is 0 Å². The third-order valence-corrected chi connectivity index (χ3v) is 2.91. The summed E-state index contributed by atoms with van der Waals surface area (Å²) in [4.78, 5) is 2.14. The van der Waals surface area contributed by atoms with Crippen LogP contribution >= 0.6 is 0 Å². The minimum Gasteiger partial charge on any atom is -0.352 e. The summed E-state index contributed by atoms with van der Waals surface area (Å²) in [6, 6.07) is 4.79. The number of aromatic nitrogens is 2. The van der Waals surface area contributed by atoms with E-state index in [1.165, 1.54) is 12.8 Å². The molecule has 2 rings (SSSR count). The second-order valence-electron chi connectivity index (χ2n) is 4.37. The zero-order chi connectivity index (χ0) is 12.1. The highest BCUT2D eigenvalue weighted by Gasteiger charge is 2.20. The Morgan fingerprint density at radius 1 is 1.47 bits per heavy atom. The summed E-state index contributed by atoms with van der Waals surface area (Å²) in [5, 5.41) is 11.9. The lowest BCUT2D eigenvalue weighted by Crippen LogP contribution is -2.24. The van der Waals surface area contributed by atoms with Gasteiger partial charge in [-0.15, -0.1) is 11.7 Å². The van der Waals surface area contributed by atoms with Crippen LogP contribution < -0.4 is 10.2 Å². The van der Waals surface area contributed by atoms with Crippen molar-refractivity contribution < 1.29 is 0 Å². The standard InChI is InChI=1S/C13H20N4/c1-3-9-17(4-2)13-8-7-12(15-16-13)10-14-11-5-6-11/h3,7-8,11,14H,1,4-6,9-10H2,2H3. The third kappa shape index (κ3) is 3.53. The molecule has 1 aromatic rings. The number of hydrogen-bond donors (Lipinski definition) is 1. The maximum atomic E-state index is 4.25. The molecular formula is C13H20N4. The van der Waals surface area contributed by atoms with Crippen molar-refractivity contribution in [2.75, 3.05) is 18.0 Å². The van der Waals surface area contributed by atoms with E-state index in [9.17, 15) is 0 Å². The van der Waals surface area contributed by atoms with E-state index < -0.39 is 0 Å². The average Bonchev–Trinajstić information content (AvgIpc) is 3.18. The van der Waals surface area contributed by atoms with Gasteiger partial charge in [-0.05, 0) is 31.9 Å². The van der Waals surface area contributed by atoms with Crippen molar-refractivity contribution in [3.8, 4) is 0 Å². The Balaban J connectivity index is 1.92. The second kappa shape index (κ2) is 5.77. The lowest BCUT2D eigenvalue weighted by atomic mass is 10.3.